The average Bonchev–Trinajstić information content (AvgIpc) is 3.06. The van der Waals surface area contributed by atoms with E-state index in [2.05, 4.69) is 4.98 Å². The third kappa shape index (κ3) is 3.08. The van der Waals surface area contributed by atoms with Crippen molar-refractivity contribution in [3.05, 3.63) is 72.1 Å². The first-order chi connectivity index (χ1) is 10.8. The Balaban J connectivity index is 1.80. The van der Waals surface area contributed by atoms with Gasteiger partial charge < -0.3 is 4.90 Å². The summed E-state index contributed by atoms with van der Waals surface area (Å²) in [7, 11) is 0. The lowest BCUT2D eigenvalue weighted by Gasteiger charge is -2.23. The van der Waals surface area contributed by atoms with E-state index in [1.165, 1.54) is 0 Å². The third-order valence-electron chi connectivity index (χ3n) is 4.13. The smallest absolute Gasteiger partial charge is 0.247 e. The molecule has 1 aliphatic rings. The Hall–Kier alpha value is -2.42. The number of rotatable bonds is 3. The van der Waals surface area contributed by atoms with Gasteiger partial charge >= 0.3 is 0 Å². The number of nitrogens with zero attached hydrogens (tertiary/aromatic N) is 2. The Kier molecular flexibility index (Phi) is 4.33. The van der Waals surface area contributed by atoms with Gasteiger partial charge in [0.15, 0.2) is 0 Å². The maximum atomic E-state index is 12.6. The highest BCUT2D eigenvalue weighted by molar-refractivity contribution is 5.95. The molecule has 3 heteroatoms. The molecule has 1 saturated heterocycles. The number of carbonyl (C=O) groups excluding carboxylic acids is 1. The molecule has 1 aliphatic heterocycles. The number of aromatic nitrogens is 1. The van der Waals surface area contributed by atoms with Crippen molar-refractivity contribution in [1.82, 2.24) is 9.88 Å². The van der Waals surface area contributed by atoms with E-state index in [0.717, 1.165) is 36.2 Å². The van der Waals surface area contributed by atoms with Crippen molar-refractivity contribution in [3.63, 3.8) is 0 Å². The van der Waals surface area contributed by atoms with E-state index < -0.39 is 0 Å². The first-order valence-electron chi connectivity index (χ1n) is 7.71. The molecule has 0 radical (unpaired) electrons. The Morgan fingerprint density at radius 2 is 1.95 bits per heavy atom. The highest BCUT2D eigenvalue weighted by atomic mass is 16.2. The second-order valence-corrected chi connectivity index (χ2v) is 5.64. The summed E-state index contributed by atoms with van der Waals surface area (Å²) >= 11 is 0. The van der Waals surface area contributed by atoms with E-state index in [0.29, 0.717) is 0 Å². The second-order valence-electron chi connectivity index (χ2n) is 5.64. The first kappa shape index (κ1) is 14.5. The molecular formula is C19H20N2O. The van der Waals surface area contributed by atoms with Crippen LogP contribution in [0.25, 0.3) is 5.57 Å². The van der Waals surface area contributed by atoms with Crippen molar-refractivity contribution in [2.24, 2.45) is 0 Å². The van der Waals surface area contributed by atoms with Gasteiger partial charge in [0.2, 0.25) is 5.91 Å². The van der Waals surface area contributed by atoms with Gasteiger partial charge in [-0.25, -0.2) is 0 Å². The molecule has 22 heavy (non-hydrogen) atoms. The van der Waals surface area contributed by atoms with E-state index in [-0.39, 0.29) is 11.9 Å². The molecule has 3 rings (SSSR count). The van der Waals surface area contributed by atoms with Crippen LogP contribution in [0.4, 0.5) is 0 Å². The summed E-state index contributed by atoms with van der Waals surface area (Å²) in [6.07, 6.45) is 5.56. The number of allylic oxidation sites excluding steroid dienone is 1. The molecule has 2 aromatic rings. The Labute approximate surface area is 131 Å². The maximum absolute atomic E-state index is 12.6. The molecule has 2 heterocycles. The molecule has 3 nitrogen and oxygen atoms in total. The molecule has 0 N–H and O–H groups in total. The largest absolute Gasteiger partial charge is 0.331 e. The number of carbonyl (C=O) groups is 1. The van der Waals surface area contributed by atoms with Crippen molar-refractivity contribution in [2.75, 3.05) is 6.54 Å². The van der Waals surface area contributed by atoms with Crippen LogP contribution in [0.2, 0.25) is 0 Å². The van der Waals surface area contributed by atoms with Crippen LogP contribution in [-0.4, -0.2) is 22.3 Å². The van der Waals surface area contributed by atoms with Crippen LogP contribution in [0.3, 0.4) is 0 Å². The number of hydrogen-bond donors (Lipinski definition) is 0. The van der Waals surface area contributed by atoms with Gasteiger partial charge in [0, 0.05) is 18.8 Å². The van der Waals surface area contributed by atoms with Gasteiger partial charge in [-0.1, -0.05) is 36.4 Å². The Bertz CT molecular complexity index is 664. The van der Waals surface area contributed by atoms with Gasteiger partial charge in [-0.15, -0.1) is 0 Å². The van der Waals surface area contributed by atoms with Crippen molar-refractivity contribution in [1.29, 1.82) is 0 Å². The fourth-order valence-corrected chi connectivity index (χ4v) is 2.96. The summed E-state index contributed by atoms with van der Waals surface area (Å²) in [5, 5.41) is 0. The SMILES string of the molecule is CC(=CC(=O)N1CCCC1c1ccccn1)c1ccccc1. The van der Waals surface area contributed by atoms with Crippen LogP contribution in [-0.2, 0) is 4.79 Å². The minimum absolute atomic E-state index is 0.0782. The van der Waals surface area contributed by atoms with Crippen molar-refractivity contribution in [3.8, 4) is 0 Å². The lowest BCUT2D eigenvalue weighted by molar-refractivity contribution is -0.126. The predicted molar refractivity (Wildman–Crippen MR) is 88.0 cm³/mol. The number of amides is 1. The average molecular weight is 292 g/mol. The molecule has 1 unspecified atom stereocenters. The van der Waals surface area contributed by atoms with Gasteiger partial charge in [-0.2, -0.15) is 0 Å². The summed E-state index contributed by atoms with van der Waals surface area (Å²) in [6.45, 7) is 2.79. The zero-order valence-electron chi connectivity index (χ0n) is 12.8. The van der Waals surface area contributed by atoms with Crippen molar-refractivity contribution >= 4 is 11.5 Å². The van der Waals surface area contributed by atoms with Gasteiger partial charge in [0.1, 0.15) is 0 Å². The zero-order chi connectivity index (χ0) is 15.4. The Morgan fingerprint density at radius 3 is 2.68 bits per heavy atom. The summed E-state index contributed by atoms with van der Waals surface area (Å²) in [5.41, 5.74) is 3.07. The molecule has 0 bridgehead atoms. The van der Waals surface area contributed by atoms with Crippen LogP contribution in [0.5, 0.6) is 0 Å². The summed E-state index contributed by atoms with van der Waals surface area (Å²) in [6, 6.07) is 16.0. The fraction of sp³-hybridized carbons (Fsp3) is 0.263. The van der Waals surface area contributed by atoms with E-state index in [1.807, 2.05) is 60.4 Å². The molecule has 0 saturated carbocycles. The molecule has 1 fully saturated rings. The zero-order valence-corrected chi connectivity index (χ0v) is 12.8. The van der Waals surface area contributed by atoms with E-state index in [9.17, 15) is 4.79 Å². The molecule has 1 amide bonds. The number of benzene rings is 1. The fourth-order valence-electron chi connectivity index (χ4n) is 2.96. The normalized spacial score (nSPS) is 18.5. The molecular weight excluding hydrogens is 272 g/mol. The Morgan fingerprint density at radius 1 is 1.18 bits per heavy atom. The first-order valence-corrected chi connectivity index (χ1v) is 7.71. The van der Waals surface area contributed by atoms with Crippen LogP contribution >= 0.6 is 0 Å². The van der Waals surface area contributed by atoms with E-state index >= 15 is 0 Å². The van der Waals surface area contributed by atoms with Gasteiger partial charge in [-0.3, -0.25) is 9.78 Å². The van der Waals surface area contributed by atoms with E-state index in [4.69, 9.17) is 0 Å². The van der Waals surface area contributed by atoms with Crippen LogP contribution in [0.1, 0.15) is 37.1 Å². The molecule has 1 aromatic heterocycles. The predicted octanol–water partition coefficient (Wildman–Crippen LogP) is 3.85. The van der Waals surface area contributed by atoms with Crippen molar-refractivity contribution < 1.29 is 4.79 Å². The summed E-state index contributed by atoms with van der Waals surface area (Å²) in [5.74, 6) is 0.0782. The quantitative estimate of drug-likeness (QED) is 0.805. The number of likely N-dealkylation sites (tertiary alicyclic amines) is 1. The van der Waals surface area contributed by atoms with Crippen LogP contribution < -0.4 is 0 Å². The molecule has 1 aromatic carbocycles. The maximum Gasteiger partial charge on any atom is 0.247 e. The lowest BCUT2D eigenvalue weighted by atomic mass is 10.1. The molecule has 112 valence electrons. The van der Waals surface area contributed by atoms with Gasteiger partial charge in [-0.05, 0) is 43.0 Å². The van der Waals surface area contributed by atoms with Gasteiger partial charge in [0.25, 0.3) is 0 Å². The summed E-state index contributed by atoms with van der Waals surface area (Å²) < 4.78 is 0. The number of pyridine rings is 1. The lowest BCUT2D eigenvalue weighted by Crippen LogP contribution is -2.29. The topological polar surface area (TPSA) is 33.2 Å². The monoisotopic (exact) mass is 292 g/mol. The summed E-state index contributed by atoms with van der Waals surface area (Å²) in [4.78, 5) is 19.0. The standard InChI is InChI=1S/C19H20N2O/c1-15(16-8-3-2-4-9-16)14-19(22)21-13-7-11-18(21)17-10-5-6-12-20-17/h2-6,8-10,12,14,18H,7,11,13H2,1H3. The highest BCUT2D eigenvalue weighted by Crippen LogP contribution is 2.31. The van der Waals surface area contributed by atoms with Crippen LogP contribution in [0.15, 0.2) is 60.8 Å². The highest BCUT2D eigenvalue weighted by Gasteiger charge is 2.29. The van der Waals surface area contributed by atoms with Crippen molar-refractivity contribution in [2.45, 2.75) is 25.8 Å². The molecule has 0 aliphatic carbocycles. The van der Waals surface area contributed by atoms with Gasteiger partial charge in [0.05, 0.1) is 11.7 Å². The molecule has 1 atom stereocenters. The van der Waals surface area contributed by atoms with Crippen LogP contribution in [0, 0.1) is 0 Å². The van der Waals surface area contributed by atoms with E-state index in [1.54, 1.807) is 12.3 Å². The minimum Gasteiger partial charge on any atom is -0.331 e. The molecule has 0 spiro atoms. The minimum atomic E-state index is 0.0782. The second kappa shape index (κ2) is 6.56. The number of hydrogen-bond acceptors (Lipinski definition) is 2. The third-order valence-corrected chi connectivity index (χ3v) is 4.13.